The molecule has 0 bridgehead atoms. The normalized spacial score (nSPS) is 11.4. The molecular weight excluding hydrogens is 343 g/mol. The molecule has 1 N–H and O–H groups in total. The largest absolute Gasteiger partial charge is 0.416 e. The van der Waals surface area contributed by atoms with Gasteiger partial charge in [0.15, 0.2) is 5.16 Å². The van der Waals surface area contributed by atoms with E-state index in [0.29, 0.717) is 10.9 Å². The predicted octanol–water partition coefficient (Wildman–Crippen LogP) is 2.93. The highest BCUT2D eigenvalue weighted by Crippen LogP contribution is 2.30. The highest BCUT2D eigenvalue weighted by atomic mass is 32.2. The first-order valence-electron chi connectivity index (χ1n) is 6.80. The van der Waals surface area contributed by atoms with Crippen molar-refractivity contribution in [3.8, 4) is 0 Å². The van der Waals surface area contributed by atoms with Crippen molar-refractivity contribution in [1.82, 2.24) is 9.55 Å². The average molecular weight is 357 g/mol. The number of alkyl halides is 3. The summed E-state index contributed by atoms with van der Waals surface area (Å²) in [5.74, 6) is -0.614. The maximum atomic E-state index is 12.7. The van der Waals surface area contributed by atoms with Gasteiger partial charge < -0.3 is 5.32 Å². The standard InChI is InChI=1S/C15H14F3N3O2S/c1-9-6-13(23)21(14(19-9)24-2)8-12(22)20-11-5-3-4-10(7-11)15(16,17)18/h3-7H,8H2,1-2H3,(H,20,22). The van der Waals surface area contributed by atoms with Crippen LogP contribution in [0.15, 0.2) is 40.3 Å². The van der Waals surface area contributed by atoms with Gasteiger partial charge in [-0.2, -0.15) is 13.2 Å². The van der Waals surface area contributed by atoms with Crippen LogP contribution in [0.2, 0.25) is 0 Å². The van der Waals surface area contributed by atoms with E-state index in [4.69, 9.17) is 0 Å². The fourth-order valence-corrected chi connectivity index (χ4v) is 2.62. The molecule has 0 saturated carbocycles. The van der Waals surface area contributed by atoms with Crippen LogP contribution in [0, 0.1) is 6.92 Å². The molecule has 24 heavy (non-hydrogen) atoms. The van der Waals surface area contributed by atoms with E-state index in [9.17, 15) is 22.8 Å². The first kappa shape index (κ1) is 18.1. The van der Waals surface area contributed by atoms with Crippen LogP contribution in [-0.2, 0) is 17.5 Å². The van der Waals surface area contributed by atoms with Gasteiger partial charge in [0, 0.05) is 17.4 Å². The Balaban J connectivity index is 2.19. The van der Waals surface area contributed by atoms with Gasteiger partial charge in [-0.1, -0.05) is 17.8 Å². The molecule has 0 aliphatic rings. The minimum Gasteiger partial charge on any atom is -0.325 e. The van der Waals surface area contributed by atoms with Crippen LogP contribution in [0.4, 0.5) is 18.9 Å². The summed E-state index contributed by atoms with van der Waals surface area (Å²) in [6.45, 7) is 1.33. The van der Waals surface area contributed by atoms with E-state index in [1.807, 2.05) is 0 Å². The molecule has 1 amide bonds. The molecule has 5 nitrogen and oxygen atoms in total. The van der Waals surface area contributed by atoms with Crippen LogP contribution in [0.25, 0.3) is 0 Å². The third kappa shape index (κ3) is 4.38. The summed E-state index contributed by atoms with van der Waals surface area (Å²) in [6, 6.07) is 5.58. The van der Waals surface area contributed by atoms with Crippen molar-refractivity contribution in [3.05, 3.63) is 51.9 Å². The van der Waals surface area contributed by atoms with Crippen LogP contribution in [0.5, 0.6) is 0 Å². The van der Waals surface area contributed by atoms with Crippen molar-refractivity contribution in [3.63, 3.8) is 0 Å². The summed E-state index contributed by atoms with van der Waals surface area (Å²) < 4.78 is 39.2. The number of hydrogen-bond donors (Lipinski definition) is 1. The average Bonchev–Trinajstić information content (AvgIpc) is 2.49. The van der Waals surface area contributed by atoms with Gasteiger partial charge in [-0.05, 0) is 31.4 Å². The Hall–Kier alpha value is -2.29. The number of benzene rings is 1. The maximum absolute atomic E-state index is 12.7. The topological polar surface area (TPSA) is 64.0 Å². The molecule has 0 unspecified atom stereocenters. The minimum atomic E-state index is -4.50. The van der Waals surface area contributed by atoms with Gasteiger partial charge >= 0.3 is 6.18 Å². The molecule has 2 rings (SSSR count). The van der Waals surface area contributed by atoms with Gasteiger partial charge in [0.2, 0.25) is 5.91 Å². The van der Waals surface area contributed by atoms with E-state index in [1.165, 1.54) is 34.5 Å². The zero-order valence-electron chi connectivity index (χ0n) is 12.8. The molecule has 0 spiro atoms. The van der Waals surface area contributed by atoms with Crippen LogP contribution < -0.4 is 10.9 Å². The number of thioether (sulfide) groups is 1. The molecule has 1 aromatic heterocycles. The lowest BCUT2D eigenvalue weighted by Crippen LogP contribution is -2.29. The Bertz CT molecular complexity index is 818. The van der Waals surface area contributed by atoms with Gasteiger partial charge in [0.1, 0.15) is 6.54 Å². The summed E-state index contributed by atoms with van der Waals surface area (Å²) >= 11 is 1.20. The smallest absolute Gasteiger partial charge is 0.325 e. The molecule has 0 atom stereocenters. The SMILES string of the molecule is CSc1nc(C)cc(=O)n1CC(=O)Nc1cccc(C(F)(F)F)c1. The van der Waals surface area contributed by atoms with E-state index in [-0.39, 0.29) is 12.2 Å². The molecule has 0 saturated heterocycles. The number of rotatable bonds is 4. The molecule has 128 valence electrons. The fraction of sp³-hybridized carbons (Fsp3) is 0.267. The van der Waals surface area contributed by atoms with Crippen molar-refractivity contribution in [1.29, 1.82) is 0 Å². The Morgan fingerprint density at radius 2 is 2.04 bits per heavy atom. The minimum absolute atomic E-state index is 0.00801. The van der Waals surface area contributed by atoms with E-state index < -0.39 is 23.2 Å². The number of nitrogens with one attached hydrogen (secondary N) is 1. The van der Waals surface area contributed by atoms with Crippen molar-refractivity contribution >= 4 is 23.4 Å². The Morgan fingerprint density at radius 1 is 1.33 bits per heavy atom. The predicted molar refractivity (Wildman–Crippen MR) is 85.1 cm³/mol. The molecule has 0 aliphatic carbocycles. The number of hydrogen-bond acceptors (Lipinski definition) is 4. The summed E-state index contributed by atoms with van der Waals surface area (Å²) in [7, 11) is 0. The molecule has 2 aromatic rings. The number of amides is 1. The molecule has 9 heteroatoms. The maximum Gasteiger partial charge on any atom is 0.416 e. The molecular formula is C15H14F3N3O2S. The molecule has 0 aliphatic heterocycles. The van der Waals surface area contributed by atoms with Gasteiger partial charge in [0.05, 0.1) is 5.56 Å². The lowest BCUT2D eigenvalue weighted by Gasteiger charge is -2.12. The first-order valence-corrected chi connectivity index (χ1v) is 8.03. The Morgan fingerprint density at radius 3 is 2.67 bits per heavy atom. The van der Waals surface area contributed by atoms with Gasteiger partial charge in [0.25, 0.3) is 5.56 Å². The zero-order chi connectivity index (χ0) is 17.9. The third-order valence-electron chi connectivity index (χ3n) is 3.06. The van der Waals surface area contributed by atoms with E-state index in [1.54, 1.807) is 13.2 Å². The quantitative estimate of drug-likeness (QED) is 0.675. The van der Waals surface area contributed by atoms with Crippen LogP contribution in [0.3, 0.4) is 0 Å². The molecule has 0 fully saturated rings. The van der Waals surface area contributed by atoms with Gasteiger partial charge in [-0.15, -0.1) is 0 Å². The van der Waals surface area contributed by atoms with E-state index in [2.05, 4.69) is 10.3 Å². The number of aryl methyl sites for hydroxylation is 1. The number of halogens is 3. The monoisotopic (exact) mass is 357 g/mol. The summed E-state index contributed by atoms with van der Waals surface area (Å²) in [4.78, 5) is 28.2. The summed E-state index contributed by atoms with van der Waals surface area (Å²) in [5, 5.41) is 2.72. The Kier molecular flexibility index (Phi) is 5.33. The second-order valence-corrected chi connectivity index (χ2v) is 5.71. The molecule has 1 aromatic carbocycles. The van der Waals surface area contributed by atoms with E-state index in [0.717, 1.165) is 12.1 Å². The van der Waals surface area contributed by atoms with Crippen LogP contribution >= 0.6 is 11.8 Å². The number of nitrogens with zero attached hydrogens (tertiary/aromatic N) is 2. The number of carbonyl (C=O) groups excluding carboxylic acids is 1. The summed E-state index contributed by atoms with van der Waals surface area (Å²) in [6.07, 6.45) is -2.78. The van der Waals surface area contributed by atoms with Crippen molar-refractivity contribution in [2.75, 3.05) is 11.6 Å². The van der Waals surface area contributed by atoms with Crippen molar-refractivity contribution in [2.24, 2.45) is 0 Å². The number of anilines is 1. The Labute approximate surface area is 139 Å². The highest BCUT2D eigenvalue weighted by Gasteiger charge is 2.30. The third-order valence-corrected chi connectivity index (χ3v) is 3.74. The lowest BCUT2D eigenvalue weighted by atomic mass is 10.2. The second-order valence-electron chi connectivity index (χ2n) is 4.94. The van der Waals surface area contributed by atoms with Crippen LogP contribution in [-0.4, -0.2) is 21.7 Å². The van der Waals surface area contributed by atoms with Crippen LogP contribution in [0.1, 0.15) is 11.3 Å². The number of aromatic nitrogens is 2. The van der Waals surface area contributed by atoms with Crippen molar-refractivity contribution < 1.29 is 18.0 Å². The van der Waals surface area contributed by atoms with Gasteiger partial charge in [-0.3, -0.25) is 14.2 Å². The zero-order valence-corrected chi connectivity index (χ0v) is 13.7. The number of carbonyl (C=O) groups is 1. The molecule has 1 heterocycles. The molecule has 0 radical (unpaired) electrons. The highest BCUT2D eigenvalue weighted by molar-refractivity contribution is 7.98. The second kappa shape index (κ2) is 7.08. The first-order chi connectivity index (χ1) is 11.2. The lowest BCUT2D eigenvalue weighted by molar-refractivity contribution is -0.137. The van der Waals surface area contributed by atoms with Gasteiger partial charge in [-0.25, -0.2) is 4.98 Å². The van der Waals surface area contributed by atoms with E-state index >= 15 is 0 Å². The van der Waals surface area contributed by atoms with Crippen molar-refractivity contribution in [2.45, 2.75) is 24.8 Å². The fourth-order valence-electron chi connectivity index (χ4n) is 2.01. The summed E-state index contributed by atoms with van der Waals surface area (Å²) in [5.41, 5.74) is -0.724.